The van der Waals surface area contributed by atoms with Crippen LogP contribution in [0.1, 0.15) is 71.1 Å². The predicted molar refractivity (Wildman–Crippen MR) is 74.6 cm³/mol. The van der Waals surface area contributed by atoms with Gasteiger partial charge in [-0.2, -0.15) is 0 Å². The first kappa shape index (κ1) is 14.9. The summed E-state index contributed by atoms with van der Waals surface area (Å²) in [6.07, 6.45) is 13.2. The molecule has 0 aromatic carbocycles. The first-order chi connectivity index (χ1) is 8.25. The van der Waals surface area contributed by atoms with Gasteiger partial charge in [-0.3, -0.25) is 4.79 Å². The Hall–Kier alpha value is -0.180. The molecule has 17 heavy (non-hydrogen) atoms. The van der Waals surface area contributed by atoms with E-state index >= 15 is 0 Å². The summed E-state index contributed by atoms with van der Waals surface area (Å²) in [5.74, 6) is -0.615. The fourth-order valence-corrected chi connectivity index (χ4v) is 3.19. The third-order valence-corrected chi connectivity index (χ3v) is 4.78. The van der Waals surface area contributed by atoms with Crippen LogP contribution in [0.4, 0.5) is 0 Å². The van der Waals surface area contributed by atoms with Gasteiger partial charge in [0.15, 0.2) is 0 Å². The van der Waals surface area contributed by atoms with E-state index in [2.05, 4.69) is 6.92 Å². The monoisotopic (exact) mass is 258 g/mol. The Balaban J connectivity index is 1.75. The number of carboxylic acids is 1. The van der Waals surface area contributed by atoms with Crippen LogP contribution in [-0.2, 0) is 4.79 Å². The molecule has 1 saturated heterocycles. The molecule has 0 aromatic rings. The van der Waals surface area contributed by atoms with Gasteiger partial charge in [0.05, 0.1) is 0 Å². The third kappa shape index (κ3) is 6.97. The molecule has 100 valence electrons. The second-order valence-corrected chi connectivity index (χ2v) is 6.44. The SMILES string of the molecule is CCCCCCCCCCCC1SC1C(=O)O. The van der Waals surface area contributed by atoms with Gasteiger partial charge < -0.3 is 5.11 Å². The fourth-order valence-electron chi connectivity index (χ4n) is 2.24. The van der Waals surface area contributed by atoms with Gasteiger partial charge in [-0.15, -0.1) is 11.8 Å². The van der Waals surface area contributed by atoms with Crippen molar-refractivity contribution in [2.75, 3.05) is 0 Å². The van der Waals surface area contributed by atoms with Crippen molar-refractivity contribution in [2.24, 2.45) is 0 Å². The number of hydrogen-bond donors (Lipinski definition) is 1. The van der Waals surface area contributed by atoms with Crippen molar-refractivity contribution in [3.8, 4) is 0 Å². The maximum atomic E-state index is 10.6. The second kappa shape index (κ2) is 8.84. The molecule has 1 N–H and O–H groups in total. The highest BCUT2D eigenvalue weighted by Gasteiger charge is 2.43. The maximum absolute atomic E-state index is 10.6. The Morgan fingerprint density at radius 3 is 2.00 bits per heavy atom. The van der Waals surface area contributed by atoms with Gasteiger partial charge in [0, 0.05) is 5.25 Å². The van der Waals surface area contributed by atoms with Gasteiger partial charge >= 0.3 is 5.97 Å². The summed E-state index contributed by atoms with van der Waals surface area (Å²) in [4.78, 5) is 10.6. The molecular weight excluding hydrogens is 232 g/mol. The minimum absolute atomic E-state index is 0.0796. The summed E-state index contributed by atoms with van der Waals surface area (Å²) < 4.78 is 0. The van der Waals surface area contributed by atoms with E-state index in [0.717, 1.165) is 6.42 Å². The number of rotatable bonds is 11. The highest BCUT2D eigenvalue weighted by molar-refractivity contribution is 8.08. The van der Waals surface area contributed by atoms with E-state index in [1.165, 1.54) is 57.8 Å². The van der Waals surface area contributed by atoms with Crippen molar-refractivity contribution in [3.05, 3.63) is 0 Å². The minimum atomic E-state index is -0.615. The summed E-state index contributed by atoms with van der Waals surface area (Å²) in [7, 11) is 0. The van der Waals surface area contributed by atoms with E-state index in [1.54, 1.807) is 11.8 Å². The van der Waals surface area contributed by atoms with E-state index in [-0.39, 0.29) is 5.25 Å². The number of unbranched alkanes of at least 4 members (excludes halogenated alkanes) is 8. The maximum Gasteiger partial charge on any atom is 0.317 e. The van der Waals surface area contributed by atoms with Crippen molar-refractivity contribution >= 4 is 17.7 Å². The van der Waals surface area contributed by atoms with Crippen LogP contribution in [0, 0.1) is 0 Å². The zero-order valence-electron chi connectivity index (χ0n) is 11.0. The van der Waals surface area contributed by atoms with Crippen LogP contribution in [0.25, 0.3) is 0 Å². The topological polar surface area (TPSA) is 37.3 Å². The van der Waals surface area contributed by atoms with Crippen LogP contribution < -0.4 is 0 Å². The Morgan fingerprint density at radius 1 is 1.00 bits per heavy atom. The van der Waals surface area contributed by atoms with Crippen molar-refractivity contribution in [1.82, 2.24) is 0 Å². The predicted octanol–water partition coefficient (Wildman–Crippen LogP) is 4.48. The number of carbonyl (C=O) groups is 1. The normalized spacial score (nSPS) is 22.6. The molecule has 2 atom stereocenters. The lowest BCUT2D eigenvalue weighted by atomic mass is 10.1. The van der Waals surface area contributed by atoms with E-state index in [9.17, 15) is 4.79 Å². The van der Waals surface area contributed by atoms with Gasteiger partial charge in [-0.25, -0.2) is 0 Å². The molecule has 3 heteroatoms. The smallest absolute Gasteiger partial charge is 0.317 e. The lowest BCUT2D eigenvalue weighted by Gasteiger charge is -2.01. The van der Waals surface area contributed by atoms with Gasteiger partial charge in [-0.1, -0.05) is 64.7 Å². The molecule has 0 saturated carbocycles. The summed E-state index contributed by atoms with van der Waals surface area (Å²) >= 11 is 1.62. The Morgan fingerprint density at radius 2 is 1.53 bits per heavy atom. The first-order valence-corrected chi connectivity index (χ1v) is 8.08. The summed E-state index contributed by atoms with van der Waals surface area (Å²) in [6, 6.07) is 0. The summed E-state index contributed by atoms with van der Waals surface area (Å²) in [5, 5.41) is 9.09. The summed E-state index contributed by atoms with van der Waals surface area (Å²) in [6.45, 7) is 2.25. The van der Waals surface area contributed by atoms with E-state index < -0.39 is 5.97 Å². The molecule has 1 fully saturated rings. The molecule has 0 spiro atoms. The molecule has 1 rings (SSSR count). The van der Waals surface area contributed by atoms with Crippen molar-refractivity contribution < 1.29 is 9.90 Å². The zero-order chi connectivity index (χ0) is 12.5. The van der Waals surface area contributed by atoms with E-state index in [0.29, 0.717) is 5.25 Å². The van der Waals surface area contributed by atoms with Gasteiger partial charge in [0.1, 0.15) is 5.25 Å². The molecule has 1 aliphatic heterocycles. The highest BCUT2D eigenvalue weighted by atomic mass is 32.2. The van der Waals surface area contributed by atoms with Crippen LogP contribution >= 0.6 is 11.8 Å². The van der Waals surface area contributed by atoms with Crippen molar-refractivity contribution in [1.29, 1.82) is 0 Å². The molecule has 0 radical (unpaired) electrons. The van der Waals surface area contributed by atoms with Crippen LogP contribution in [0.5, 0.6) is 0 Å². The second-order valence-electron chi connectivity index (χ2n) is 5.05. The van der Waals surface area contributed by atoms with Crippen LogP contribution in [-0.4, -0.2) is 21.6 Å². The molecule has 2 nitrogen and oxygen atoms in total. The number of carboxylic acid groups (broad SMARTS) is 1. The minimum Gasteiger partial charge on any atom is -0.480 e. The zero-order valence-corrected chi connectivity index (χ0v) is 11.8. The van der Waals surface area contributed by atoms with Gasteiger partial charge in [0.25, 0.3) is 0 Å². The van der Waals surface area contributed by atoms with Crippen LogP contribution in [0.3, 0.4) is 0 Å². The average molecular weight is 258 g/mol. The summed E-state index contributed by atoms with van der Waals surface area (Å²) in [5.41, 5.74) is 0. The van der Waals surface area contributed by atoms with Crippen LogP contribution in [0.15, 0.2) is 0 Å². The molecule has 0 amide bonds. The molecule has 0 aliphatic carbocycles. The van der Waals surface area contributed by atoms with E-state index in [4.69, 9.17) is 5.11 Å². The quantitative estimate of drug-likeness (QED) is 0.438. The number of thioether (sulfide) groups is 1. The Bertz CT molecular complexity index is 218. The molecular formula is C14H26O2S. The van der Waals surface area contributed by atoms with Crippen molar-refractivity contribution in [2.45, 2.75) is 81.6 Å². The lowest BCUT2D eigenvalue weighted by Crippen LogP contribution is -2.07. The molecule has 2 unspecified atom stereocenters. The highest BCUT2D eigenvalue weighted by Crippen LogP contribution is 2.44. The Labute approximate surface area is 110 Å². The number of aliphatic carboxylic acids is 1. The lowest BCUT2D eigenvalue weighted by molar-refractivity contribution is -0.135. The van der Waals surface area contributed by atoms with Gasteiger partial charge in [-0.05, 0) is 6.42 Å². The fraction of sp³-hybridized carbons (Fsp3) is 0.929. The standard InChI is InChI=1S/C14H26O2S/c1-2-3-4-5-6-7-8-9-10-11-12-13(17-12)14(15)16/h12-13H,2-11H2,1H3,(H,15,16). The van der Waals surface area contributed by atoms with Crippen molar-refractivity contribution in [3.63, 3.8) is 0 Å². The van der Waals surface area contributed by atoms with Gasteiger partial charge in [0.2, 0.25) is 0 Å². The molecule has 0 aromatic heterocycles. The molecule has 1 aliphatic rings. The number of hydrogen-bond acceptors (Lipinski definition) is 2. The van der Waals surface area contributed by atoms with E-state index in [1.807, 2.05) is 0 Å². The van der Waals surface area contributed by atoms with Crippen LogP contribution in [0.2, 0.25) is 0 Å². The first-order valence-electron chi connectivity index (χ1n) is 7.14. The average Bonchev–Trinajstić information content (AvgIpc) is 3.06. The molecule has 0 bridgehead atoms. The third-order valence-electron chi connectivity index (χ3n) is 3.42. The Kier molecular flexibility index (Phi) is 7.74. The largest absolute Gasteiger partial charge is 0.480 e. The molecule has 1 heterocycles.